The lowest BCUT2D eigenvalue weighted by atomic mass is 9.98. The molecule has 1 amide bonds. The van der Waals surface area contributed by atoms with Crippen molar-refractivity contribution in [2.45, 2.75) is 32.7 Å². The number of thiazole rings is 1. The van der Waals surface area contributed by atoms with E-state index in [9.17, 15) is 9.59 Å². The van der Waals surface area contributed by atoms with Gasteiger partial charge in [0.1, 0.15) is 5.69 Å². The minimum absolute atomic E-state index is 0.0802. The van der Waals surface area contributed by atoms with Crippen molar-refractivity contribution in [3.63, 3.8) is 0 Å². The van der Waals surface area contributed by atoms with Crippen molar-refractivity contribution in [2.75, 3.05) is 26.2 Å². The number of carbonyl (C=O) groups is 1. The fourth-order valence-electron chi connectivity index (χ4n) is 2.84. The molecule has 7 nitrogen and oxygen atoms in total. The van der Waals surface area contributed by atoms with Crippen molar-refractivity contribution in [1.29, 1.82) is 0 Å². The highest BCUT2D eigenvalue weighted by Gasteiger charge is 2.24. The van der Waals surface area contributed by atoms with Crippen LogP contribution in [-0.2, 0) is 19.0 Å². The number of hydrogen-bond acceptors (Lipinski definition) is 6. The van der Waals surface area contributed by atoms with E-state index in [0.29, 0.717) is 18.8 Å². The minimum Gasteiger partial charge on any atom is -0.335 e. The van der Waals surface area contributed by atoms with Crippen molar-refractivity contribution >= 4 is 17.2 Å². The Morgan fingerprint density at radius 2 is 1.88 bits per heavy atom. The highest BCUT2D eigenvalue weighted by molar-refractivity contribution is 7.09. The van der Waals surface area contributed by atoms with Crippen LogP contribution in [0.2, 0.25) is 0 Å². The summed E-state index contributed by atoms with van der Waals surface area (Å²) in [4.78, 5) is 32.8. The molecule has 26 heavy (non-hydrogen) atoms. The molecule has 2 aromatic rings. The van der Waals surface area contributed by atoms with E-state index in [0.717, 1.165) is 30.3 Å². The molecule has 0 unspecified atom stereocenters. The number of piperazine rings is 1. The molecule has 140 valence electrons. The Labute approximate surface area is 157 Å². The molecule has 3 rings (SSSR count). The summed E-state index contributed by atoms with van der Waals surface area (Å²) in [6.45, 7) is 10.2. The molecular weight excluding hydrogens is 350 g/mol. The van der Waals surface area contributed by atoms with E-state index in [1.165, 1.54) is 16.8 Å². The first-order chi connectivity index (χ1) is 12.2. The lowest BCUT2D eigenvalue weighted by Gasteiger charge is -2.34. The molecule has 1 aliphatic heterocycles. The van der Waals surface area contributed by atoms with Gasteiger partial charge in [0, 0.05) is 56.6 Å². The maximum absolute atomic E-state index is 12.6. The Bertz CT molecular complexity index is 844. The summed E-state index contributed by atoms with van der Waals surface area (Å²) in [7, 11) is 1.55. The number of rotatable bonds is 3. The van der Waals surface area contributed by atoms with E-state index in [1.54, 1.807) is 23.3 Å². The maximum atomic E-state index is 12.6. The average Bonchev–Trinajstić information content (AvgIpc) is 3.06. The Balaban J connectivity index is 1.57. The summed E-state index contributed by atoms with van der Waals surface area (Å²) in [5, 5.41) is 7.34. The first-order valence-corrected chi connectivity index (χ1v) is 9.63. The SMILES string of the molecule is Cn1nc(C(=O)N2CCN(Cc3csc(C(C)(C)C)n3)CC2)ccc1=O. The van der Waals surface area contributed by atoms with Gasteiger partial charge < -0.3 is 4.90 Å². The van der Waals surface area contributed by atoms with Crippen LogP contribution in [0.5, 0.6) is 0 Å². The van der Waals surface area contributed by atoms with Crippen molar-refractivity contribution in [1.82, 2.24) is 24.6 Å². The summed E-state index contributed by atoms with van der Waals surface area (Å²) < 4.78 is 1.19. The van der Waals surface area contributed by atoms with E-state index < -0.39 is 0 Å². The predicted molar refractivity (Wildman–Crippen MR) is 101 cm³/mol. The summed E-state index contributed by atoms with van der Waals surface area (Å²) in [6, 6.07) is 2.88. The van der Waals surface area contributed by atoms with Gasteiger partial charge in [-0.25, -0.2) is 9.67 Å². The molecular formula is C18H25N5O2S. The van der Waals surface area contributed by atoms with E-state index in [4.69, 9.17) is 4.98 Å². The topological polar surface area (TPSA) is 71.3 Å². The normalized spacial score (nSPS) is 16.1. The zero-order chi connectivity index (χ0) is 18.9. The number of nitrogens with zero attached hydrogens (tertiary/aromatic N) is 5. The molecule has 0 aromatic carbocycles. The highest BCUT2D eigenvalue weighted by Crippen LogP contribution is 2.26. The lowest BCUT2D eigenvalue weighted by Crippen LogP contribution is -2.48. The van der Waals surface area contributed by atoms with Crippen LogP contribution in [0.3, 0.4) is 0 Å². The smallest absolute Gasteiger partial charge is 0.274 e. The second-order valence-corrected chi connectivity index (χ2v) is 8.50. The van der Waals surface area contributed by atoms with Crippen molar-refractivity contribution < 1.29 is 4.79 Å². The molecule has 0 N–H and O–H groups in total. The van der Waals surface area contributed by atoms with E-state index in [1.807, 2.05) is 0 Å². The van der Waals surface area contributed by atoms with Gasteiger partial charge in [0.15, 0.2) is 0 Å². The molecule has 0 aliphatic carbocycles. The molecule has 8 heteroatoms. The van der Waals surface area contributed by atoms with Gasteiger partial charge in [0.2, 0.25) is 0 Å². The molecule has 0 atom stereocenters. The fraction of sp³-hybridized carbons (Fsp3) is 0.556. The molecule has 0 radical (unpaired) electrons. The Hall–Kier alpha value is -2.06. The molecule has 2 aromatic heterocycles. The second kappa shape index (κ2) is 7.28. The zero-order valence-corrected chi connectivity index (χ0v) is 16.5. The monoisotopic (exact) mass is 375 g/mol. The molecule has 1 fully saturated rings. The molecule has 1 aliphatic rings. The Kier molecular flexibility index (Phi) is 5.24. The standard InChI is InChI=1S/C18H25N5O2S/c1-18(2,3)17-19-13(12-26-17)11-22-7-9-23(10-8-22)16(25)14-5-6-15(24)21(4)20-14/h5-6,12H,7-11H2,1-4H3. The maximum Gasteiger partial charge on any atom is 0.274 e. The molecule has 3 heterocycles. The minimum atomic E-state index is -0.218. The van der Waals surface area contributed by atoms with Gasteiger partial charge in [-0.2, -0.15) is 5.10 Å². The third-order valence-corrected chi connectivity index (χ3v) is 5.73. The first-order valence-electron chi connectivity index (χ1n) is 8.75. The first kappa shape index (κ1) is 18.7. The summed E-state index contributed by atoms with van der Waals surface area (Å²) in [5.74, 6) is -0.121. The molecule has 0 bridgehead atoms. The fourth-order valence-corrected chi connectivity index (χ4v) is 3.74. The van der Waals surface area contributed by atoms with E-state index in [-0.39, 0.29) is 16.9 Å². The third-order valence-electron chi connectivity index (χ3n) is 4.42. The van der Waals surface area contributed by atoms with Gasteiger partial charge >= 0.3 is 0 Å². The van der Waals surface area contributed by atoms with Crippen LogP contribution in [0, 0.1) is 0 Å². The van der Waals surface area contributed by atoms with E-state index >= 15 is 0 Å². The average molecular weight is 375 g/mol. The highest BCUT2D eigenvalue weighted by atomic mass is 32.1. The number of aryl methyl sites for hydroxylation is 1. The molecule has 0 saturated carbocycles. The van der Waals surface area contributed by atoms with Crippen LogP contribution in [0.4, 0.5) is 0 Å². The summed E-state index contributed by atoms with van der Waals surface area (Å²) >= 11 is 1.71. The Morgan fingerprint density at radius 3 is 2.46 bits per heavy atom. The lowest BCUT2D eigenvalue weighted by molar-refractivity contribution is 0.0619. The second-order valence-electron chi connectivity index (χ2n) is 7.64. The van der Waals surface area contributed by atoms with Gasteiger partial charge in [-0.1, -0.05) is 20.8 Å². The van der Waals surface area contributed by atoms with Gasteiger partial charge in [0.25, 0.3) is 11.5 Å². The molecule has 1 saturated heterocycles. The third kappa shape index (κ3) is 4.19. The number of hydrogen-bond donors (Lipinski definition) is 0. The number of amides is 1. The Morgan fingerprint density at radius 1 is 1.19 bits per heavy atom. The van der Waals surface area contributed by atoms with Crippen LogP contribution in [0.1, 0.15) is 42.0 Å². The number of aromatic nitrogens is 3. The van der Waals surface area contributed by atoms with Crippen molar-refractivity contribution in [2.24, 2.45) is 7.05 Å². The summed E-state index contributed by atoms with van der Waals surface area (Å²) in [5.41, 5.74) is 1.27. The largest absolute Gasteiger partial charge is 0.335 e. The van der Waals surface area contributed by atoms with Crippen LogP contribution >= 0.6 is 11.3 Å². The van der Waals surface area contributed by atoms with Crippen LogP contribution in [-0.4, -0.2) is 56.7 Å². The number of carbonyl (C=O) groups excluding carboxylic acids is 1. The zero-order valence-electron chi connectivity index (χ0n) is 15.7. The summed E-state index contributed by atoms with van der Waals surface area (Å²) in [6.07, 6.45) is 0. The van der Waals surface area contributed by atoms with Crippen LogP contribution < -0.4 is 5.56 Å². The van der Waals surface area contributed by atoms with Gasteiger partial charge in [-0.15, -0.1) is 11.3 Å². The van der Waals surface area contributed by atoms with Gasteiger partial charge in [0.05, 0.1) is 10.7 Å². The van der Waals surface area contributed by atoms with Crippen molar-refractivity contribution in [3.8, 4) is 0 Å². The quantitative estimate of drug-likeness (QED) is 0.813. The predicted octanol–water partition coefficient (Wildman–Crippen LogP) is 1.49. The molecule has 0 spiro atoms. The van der Waals surface area contributed by atoms with Gasteiger partial charge in [-0.05, 0) is 6.07 Å². The van der Waals surface area contributed by atoms with Crippen LogP contribution in [0.25, 0.3) is 0 Å². The van der Waals surface area contributed by atoms with Crippen molar-refractivity contribution in [3.05, 3.63) is 44.3 Å². The van der Waals surface area contributed by atoms with Crippen LogP contribution in [0.15, 0.2) is 22.3 Å². The van der Waals surface area contributed by atoms with Gasteiger partial charge in [-0.3, -0.25) is 14.5 Å². The van der Waals surface area contributed by atoms with E-state index in [2.05, 4.69) is 36.1 Å².